The van der Waals surface area contributed by atoms with Gasteiger partial charge in [0.1, 0.15) is 0 Å². The second kappa shape index (κ2) is 4.74. The summed E-state index contributed by atoms with van der Waals surface area (Å²) in [5, 5.41) is 5.56. The molecule has 1 heterocycles. The molecule has 0 unspecified atom stereocenters. The van der Waals surface area contributed by atoms with E-state index in [1.807, 2.05) is 0 Å². The quantitative estimate of drug-likeness (QED) is 0.606. The van der Waals surface area contributed by atoms with Gasteiger partial charge in [-0.05, 0) is 12.8 Å². The summed E-state index contributed by atoms with van der Waals surface area (Å²) >= 11 is 0. The van der Waals surface area contributed by atoms with Crippen molar-refractivity contribution in [2.24, 2.45) is 4.99 Å². The van der Waals surface area contributed by atoms with Crippen LogP contribution in [0, 0.1) is 0 Å². The Kier molecular flexibility index (Phi) is 3.57. The van der Waals surface area contributed by atoms with Crippen LogP contribution in [0.2, 0.25) is 0 Å². The van der Waals surface area contributed by atoms with E-state index in [9.17, 15) is 4.79 Å². The lowest BCUT2D eigenvalue weighted by Crippen LogP contribution is -2.36. The zero-order valence-electron chi connectivity index (χ0n) is 7.39. The van der Waals surface area contributed by atoms with Crippen LogP contribution in [0.3, 0.4) is 0 Å². The number of likely N-dealkylation sites (N-methyl/N-ethyl adjacent to an activating group) is 1. The van der Waals surface area contributed by atoms with Gasteiger partial charge in [0, 0.05) is 20.0 Å². The fourth-order valence-electron chi connectivity index (χ4n) is 1.11. The molecule has 12 heavy (non-hydrogen) atoms. The van der Waals surface area contributed by atoms with Gasteiger partial charge >= 0.3 is 0 Å². The maximum Gasteiger partial charge on any atom is 0.239 e. The van der Waals surface area contributed by atoms with E-state index in [4.69, 9.17) is 0 Å². The predicted octanol–water partition coefficient (Wildman–Crippen LogP) is -0.0956. The SMILES string of the molecule is CNC(=O)CNC1=NCCCC1. The highest BCUT2D eigenvalue weighted by Crippen LogP contribution is 2.03. The summed E-state index contributed by atoms with van der Waals surface area (Å²) in [6.07, 6.45) is 3.34. The van der Waals surface area contributed by atoms with Gasteiger partial charge in [-0.15, -0.1) is 0 Å². The molecular weight excluding hydrogens is 154 g/mol. The first-order valence-electron chi connectivity index (χ1n) is 4.30. The molecule has 1 amide bonds. The summed E-state index contributed by atoms with van der Waals surface area (Å²) in [6, 6.07) is 0. The number of hydrogen-bond acceptors (Lipinski definition) is 3. The third-order valence-electron chi connectivity index (χ3n) is 1.86. The van der Waals surface area contributed by atoms with Crippen molar-refractivity contribution in [1.82, 2.24) is 10.6 Å². The standard InChI is InChI=1S/C8H15N3O/c1-9-8(12)6-11-7-4-2-3-5-10-7/h2-6H2,1H3,(H,9,12)(H,10,11). The molecule has 0 bridgehead atoms. The lowest BCUT2D eigenvalue weighted by atomic mass is 10.2. The molecular formula is C8H15N3O. The van der Waals surface area contributed by atoms with Crippen LogP contribution in [-0.2, 0) is 4.79 Å². The van der Waals surface area contributed by atoms with Crippen molar-refractivity contribution in [3.8, 4) is 0 Å². The summed E-state index contributed by atoms with van der Waals surface area (Å²) in [7, 11) is 1.63. The van der Waals surface area contributed by atoms with E-state index in [1.54, 1.807) is 7.05 Å². The van der Waals surface area contributed by atoms with Crippen molar-refractivity contribution in [2.75, 3.05) is 20.1 Å². The molecule has 0 saturated carbocycles. The maximum absolute atomic E-state index is 10.8. The third-order valence-corrected chi connectivity index (χ3v) is 1.86. The van der Waals surface area contributed by atoms with Crippen LogP contribution >= 0.6 is 0 Å². The Labute approximate surface area is 72.4 Å². The number of hydrogen-bond donors (Lipinski definition) is 2. The number of aliphatic imine (C=N–C) groups is 1. The molecule has 0 aliphatic carbocycles. The first-order valence-corrected chi connectivity index (χ1v) is 4.30. The van der Waals surface area contributed by atoms with Gasteiger partial charge in [0.2, 0.25) is 5.91 Å². The Morgan fingerprint density at radius 2 is 2.42 bits per heavy atom. The predicted molar refractivity (Wildman–Crippen MR) is 48.2 cm³/mol. The molecule has 0 atom stereocenters. The molecule has 2 N–H and O–H groups in total. The van der Waals surface area contributed by atoms with Gasteiger partial charge in [0.05, 0.1) is 12.4 Å². The molecule has 4 heteroatoms. The van der Waals surface area contributed by atoms with Crippen LogP contribution in [0.25, 0.3) is 0 Å². The first-order chi connectivity index (χ1) is 5.83. The average molecular weight is 169 g/mol. The molecule has 0 spiro atoms. The van der Waals surface area contributed by atoms with Crippen LogP contribution in [0.15, 0.2) is 4.99 Å². The summed E-state index contributed by atoms with van der Waals surface area (Å²) < 4.78 is 0. The van der Waals surface area contributed by atoms with E-state index in [0.717, 1.165) is 18.8 Å². The lowest BCUT2D eigenvalue weighted by molar-refractivity contribution is -0.119. The van der Waals surface area contributed by atoms with E-state index in [1.165, 1.54) is 12.8 Å². The van der Waals surface area contributed by atoms with E-state index in [-0.39, 0.29) is 5.91 Å². The smallest absolute Gasteiger partial charge is 0.239 e. The number of rotatable bonds is 2. The Balaban J connectivity index is 2.21. The number of nitrogens with one attached hydrogen (secondary N) is 2. The summed E-state index contributed by atoms with van der Waals surface area (Å²) in [5.41, 5.74) is 0. The van der Waals surface area contributed by atoms with Gasteiger partial charge in [-0.2, -0.15) is 0 Å². The van der Waals surface area contributed by atoms with Crippen molar-refractivity contribution in [3.63, 3.8) is 0 Å². The molecule has 4 nitrogen and oxygen atoms in total. The fourth-order valence-corrected chi connectivity index (χ4v) is 1.11. The molecule has 0 saturated heterocycles. The van der Waals surface area contributed by atoms with Crippen LogP contribution in [0.5, 0.6) is 0 Å². The minimum atomic E-state index is 0.00303. The third kappa shape index (κ3) is 2.90. The monoisotopic (exact) mass is 169 g/mol. The average Bonchev–Trinajstić information content (AvgIpc) is 2.16. The molecule has 0 fully saturated rings. The van der Waals surface area contributed by atoms with E-state index >= 15 is 0 Å². The van der Waals surface area contributed by atoms with Crippen molar-refractivity contribution in [3.05, 3.63) is 0 Å². The van der Waals surface area contributed by atoms with Crippen molar-refractivity contribution < 1.29 is 4.79 Å². The number of amides is 1. The van der Waals surface area contributed by atoms with Crippen molar-refractivity contribution in [2.45, 2.75) is 19.3 Å². The largest absolute Gasteiger partial charge is 0.365 e. The van der Waals surface area contributed by atoms with Gasteiger partial charge in [-0.25, -0.2) is 0 Å². The number of nitrogens with zero attached hydrogens (tertiary/aromatic N) is 1. The highest BCUT2D eigenvalue weighted by atomic mass is 16.1. The van der Waals surface area contributed by atoms with E-state index in [0.29, 0.717) is 6.54 Å². The number of carbonyl (C=O) groups is 1. The minimum absolute atomic E-state index is 0.00303. The van der Waals surface area contributed by atoms with Gasteiger partial charge in [0.25, 0.3) is 0 Å². The van der Waals surface area contributed by atoms with Crippen LogP contribution in [0.4, 0.5) is 0 Å². The lowest BCUT2D eigenvalue weighted by Gasteiger charge is -2.12. The molecule has 0 aromatic heterocycles. The van der Waals surface area contributed by atoms with E-state index in [2.05, 4.69) is 15.6 Å². The van der Waals surface area contributed by atoms with Crippen LogP contribution in [-0.4, -0.2) is 31.9 Å². The van der Waals surface area contributed by atoms with Gasteiger partial charge in [-0.1, -0.05) is 0 Å². The normalized spacial score (nSPS) is 16.6. The highest BCUT2D eigenvalue weighted by Gasteiger charge is 2.05. The summed E-state index contributed by atoms with van der Waals surface area (Å²) in [6.45, 7) is 1.24. The molecule has 0 aromatic carbocycles. The Morgan fingerprint density at radius 1 is 1.58 bits per heavy atom. The molecule has 0 aromatic rings. The van der Waals surface area contributed by atoms with Crippen LogP contribution in [0.1, 0.15) is 19.3 Å². The summed E-state index contributed by atoms with van der Waals surface area (Å²) in [4.78, 5) is 15.1. The topological polar surface area (TPSA) is 53.5 Å². The first kappa shape index (κ1) is 9.03. The molecule has 1 aliphatic heterocycles. The minimum Gasteiger partial charge on any atom is -0.365 e. The molecule has 68 valence electrons. The Hall–Kier alpha value is -1.06. The maximum atomic E-state index is 10.8. The highest BCUT2D eigenvalue weighted by molar-refractivity contribution is 5.87. The zero-order valence-corrected chi connectivity index (χ0v) is 7.39. The molecule has 0 radical (unpaired) electrons. The van der Waals surface area contributed by atoms with Crippen molar-refractivity contribution >= 4 is 11.7 Å². The Morgan fingerprint density at radius 3 is 3.00 bits per heavy atom. The van der Waals surface area contributed by atoms with Crippen molar-refractivity contribution in [1.29, 1.82) is 0 Å². The molecule has 1 aliphatic rings. The second-order valence-corrected chi connectivity index (χ2v) is 2.81. The number of carbonyl (C=O) groups excluding carboxylic acids is 1. The number of amidine groups is 1. The Bertz CT molecular complexity index is 189. The van der Waals surface area contributed by atoms with Gasteiger partial charge < -0.3 is 10.6 Å². The van der Waals surface area contributed by atoms with E-state index < -0.39 is 0 Å². The van der Waals surface area contributed by atoms with Crippen LogP contribution < -0.4 is 10.6 Å². The van der Waals surface area contributed by atoms with Gasteiger partial charge in [-0.3, -0.25) is 9.79 Å². The van der Waals surface area contributed by atoms with Gasteiger partial charge in [0.15, 0.2) is 0 Å². The molecule has 1 rings (SSSR count). The second-order valence-electron chi connectivity index (χ2n) is 2.81. The summed E-state index contributed by atoms with van der Waals surface area (Å²) in [5.74, 6) is 0.980. The fraction of sp³-hybridized carbons (Fsp3) is 0.750. The zero-order chi connectivity index (χ0) is 8.81.